The largest absolute Gasteiger partial charge is 0.382 e. The zero-order valence-corrected chi connectivity index (χ0v) is 9.80. The third-order valence-corrected chi connectivity index (χ3v) is 2.70. The Balaban J connectivity index is 2.53. The van der Waals surface area contributed by atoms with E-state index >= 15 is 0 Å². The molecule has 0 aliphatic heterocycles. The van der Waals surface area contributed by atoms with Crippen LogP contribution in [0.25, 0.3) is 0 Å². The lowest BCUT2D eigenvalue weighted by molar-refractivity contribution is -0.389. The van der Waals surface area contributed by atoms with Crippen LogP contribution < -0.4 is 5.32 Å². The normalized spacial score (nSPS) is 12.5. The average molecular weight is 223 g/mol. The number of nitro groups is 1. The third kappa shape index (κ3) is 3.49. The molecule has 5 heteroatoms. The van der Waals surface area contributed by atoms with E-state index in [1.54, 1.807) is 6.07 Å². The molecule has 0 aliphatic rings. The fourth-order valence-electron chi connectivity index (χ4n) is 1.11. The minimum Gasteiger partial charge on any atom is -0.382 e. The second-order valence-electron chi connectivity index (χ2n) is 4.26. The van der Waals surface area contributed by atoms with Crippen LogP contribution in [0.1, 0.15) is 20.8 Å². The molecule has 1 unspecified atom stereocenters. The van der Waals surface area contributed by atoms with Gasteiger partial charge in [0.1, 0.15) is 0 Å². The van der Waals surface area contributed by atoms with Crippen molar-refractivity contribution >= 4 is 11.5 Å². The van der Waals surface area contributed by atoms with Gasteiger partial charge in [-0.25, -0.2) is 0 Å². The molecule has 0 aliphatic carbocycles. The molecule has 1 N–H and O–H groups in total. The van der Waals surface area contributed by atoms with Crippen molar-refractivity contribution in [2.24, 2.45) is 11.8 Å². The highest BCUT2D eigenvalue weighted by molar-refractivity contribution is 5.43. The molecule has 0 bridgehead atoms. The van der Waals surface area contributed by atoms with Crippen molar-refractivity contribution < 1.29 is 4.92 Å². The van der Waals surface area contributed by atoms with Gasteiger partial charge >= 0.3 is 5.82 Å². The summed E-state index contributed by atoms with van der Waals surface area (Å²) in [5.74, 6) is 1.04. The van der Waals surface area contributed by atoms with Crippen LogP contribution in [0.5, 0.6) is 0 Å². The molecule has 0 spiro atoms. The number of nitrogens with one attached hydrogen (secondary N) is 1. The summed E-state index contributed by atoms with van der Waals surface area (Å²) in [5.41, 5.74) is 0.818. The minimum atomic E-state index is -0.499. The van der Waals surface area contributed by atoms with Crippen LogP contribution >= 0.6 is 0 Å². The molecule has 1 atom stereocenters. The molecule has 0 amide bonds. The van der Waals surface area contributed by atoms with Gasteiger partial charge < -0.3 is 15.4 Å². The minimum absolute atomic E-state index is 0.123. The fraction of sp³-hybridized carbons (Fsp3) is 0.545. The number of rotatable bonds is 5. The fourth-order valence-corrected chi connectivity index (χ4v) is 1.11. The molecule has 88 valence electrons. The maximum absolute atomic E-state index is 10.4. The molecule has 0 radical (unpaired) electrons. The van der Waals surface area contributed by atoms with E-state index in [0.29, 0.717) is 11.8 Å². The Labute approximate surface area is 95.0 Å². The van der Waals surface area contributed by atoms with Crippen molar-refractivity contribution in [2.75, 3.05) is 11.9 Å². The summed E-state index contributed by atoms with van der Waals surface area (Å²) in [7, 11) is 0. The van der Waals surface area contributed by atoms with Gasteiger partial charge in [0.25, 0.3) is 0 Å². The summed E-state index contributed by atoms with van der Waals surface area (Å²) >= 11 is 0. The Morgan fingerprint density at radius 3 is 2.56 bits per heavy atom. The van der Waals surface area contributed by atoms with E-state index in [2.05, 4.69) is 31.1 Å². The van der Waals surface area contributed by atoms with E-state index < -0.39 is 4.92 Å². The van der Waals surface area contributed by atoms with Gasteiger partial charge in [0, 0.05) is 12.6 Å². The molecule has 16 heavy (non-hydrogen) atoms. The second kappa shape index (κ2) is 5.44. The molecule has 0 fully saturated rings. The number of pyridine rings is 1. The number of nitrogens with zero attached hydrogens (tertiary/aromatic N) is 2. The molecule has 1 aromatic heterocycles. The Morgan fingerprint density at radius 2 is 2.12 bits per heavy atom. The summed E-state index contributed by atoms with van der Waals surface area (Å²) in [5, 5.41) is 13.6. The van der Waals surface area contributed by atoms with Crippen LogP contribution in [0.2, 0.25) is 0 Å². The van der Waals surface area contributed by atoms with Crippen LogP contribution in [-0.4, -0.2) is 16.5 Å². The lowest BCUT2D eigenvalue weighted by atomic mass is 9.98. The number of hydrogen-bond donors (Lipinski definition) is 1. The SMILES string of the molecule is CC(C)C(C)CNc1ccc([N+](=O)[O-])nc1. The van der Waals surface area contributed by atoms with Gasteiger partial charge in [-0.15, -0.1) is 0 Å². The predicted octanol–water partition coefficient (Wildman–Crippen LogP) is 2.69. The molecular weight excluding hydrogens is 206 g/mol. The predicted molar refractivity (Wildman–Crippen MR) is 63.4 cm³/mol. The monoisotopic (exact) mass is 223 g/mol. The van der Waals surface area contributed by atoms with Crippen molar-refractivity contribution in [1.29, 1.82) is 0 Å². The van der Waals surface area contributed by atoms with Crippen LogP contribution in [0.3, 0.4) is 0 Å². The van der Waals surface area contributed by atoms with Crippen LogP contribution in [0.15, 0.2) is 18.3 Å². The lowest BCUT2D eigenvalue weighted by Gasteiger charge is -2.16. The van der Waals surface area contributed by atoms with Gasteiger partial charge in [-0.05, 0) is 27.8 Å². The highest BCUT2D eigenvalue weighted by atomic mass is 16.6. The third-order valence-electron chi connectivity index (χ3n) is 2.70. The Kier molecular flexibility index (Phi) is 4.22. The van der Waals surface area contributed by atoms with Gasteiger partial charge in [-0.1, -0.05) is 20.8 Å². The van der Waals surface area contributed by atoms with E-state index in [9.17, 15) is 10.1 Å². The molecule has 0 aromatic carbocycles. The summed E-state index contributed by atoms with van der Waals surface area (Å²) in [4.78, 5) is 13.6. The number of hydrogen-bond acceptors (Lipinski definition) is 4. The maximum Gasteiger partial charge on any atom is 0.363 e. The first-order valence-electron chi connectivity index (χ1n) is 5.35. The van der Waals surface area contributed by atoms with Gasteiger partial charge in [0.15, 0.2) is 6.20 Å². The van der Waals surface area contributed by atoms with E-state index in [0.717, 1.165) is 12.2 Å². The molecule has 0 saturated carbocycles. The van der Waals surface area contributed by atoms with Crippen LogP contribution in [-0.2, 0) is 0 Å². The molecule has 0 saturated heterocycles. The Bertz CT molecular complexity index is 349. The molecule has 5 nitrogen and oxygen atoms in total. The zero-order chi connectivity index (χ0) is 12.1. The van der Waals surface area contributed by atoms with Crippen LogP contribution in [0, 0.1) is 22.0 Å². The smallest absolute Gasteiger partial charge is 0.363 e. The van der Waals surface area contributed by atoms with E-state index in [4.69, 9.17) is 0 Å². The van der Waals surface area contributed by atoms with Crippen molar-refractivity contribution in [3.63, 3.8) is 0 Å². The Hall–Kier alpha value is -1.65. The zero-order valence-electron chi connectivity index (χ0n) is 9.80. The van der Waals surface area contributed by atoms with Gasteiger partial charge in [0.2, 0.25) is 0 Å². The highest BCUT2D eigenvalue weighted by Gasteiger charge is 2.09. The first-order valence-corrected chi connectivity index (χ1v) is 5.35. The van der Waals surface area contributed by atoms with Gasteiger partial charge in [-0.3, -0.25) is 0 Å². The van der Waals surface area contributed by atoms with Gasteiger partial charge in [0.05, 0.1) is 5.69 Å². The summed E-state index contributed by atoms with van der Waals surface area (Å²) in [6.07, 6.45) is 1.49. The summed E-state index contributed by atoms with van der Waals surface area (Å²) < 4.78 is 0. The lowest BCUT2D eigenvalue weighted by Crippen LogP contribution is -2.16. The van der Waals surface area contributed by atoms with Gasteiger partial charge in [-0.2, -0.15) is 0 Å². The Morgan fingerprint density at radius 1 is 1.44 bits per heavy atom. The topological polar surface area (TPSA) is 68.1 Å². The molecule has 1 rings (SSSR count). The molecular formula is C11H17N3O2. The summed E-state index contributed by atoms with van der Waals surface area (Å²) in [6, 6.07) is 3.08. The molecule has 1 aromatic rings. The number of anilines is 1. The van der Waals surface area contributed by atoms with Crippen LogP contribution in [0.4, 0.5) is 11.5 Å². The van der Waals surface area contributed by atoms with Crippen molar-refractivity contribution in [2.45, 2.75) is 20.8 Å². The maximum atomic E-state index is 10.4. The average Bonchev–Trinajstić information content (AvgIpc) is 2.26. The molecule has 1 heterocycles. The van der Waals surface area contributed by atoms with E-state index in [1.807, 2.05) is 0 Å². The second-order valence-corrected chi connectivity index (χ2v) is 4.26. The van der Waals surface area contributed by atoms with Crippen molar-refractivity contribution in [3.05, 3.63) is 28.4 Å². The van der Waals surface area contributed by atoms with Crippen molar-refractivity contribution in [3.8, 4) is 0 Å². The first-order chi connectivity index (χ1) is 7.50. The van der Waals surface area contributed by atoms with Crippen molar-refractivity contribution in [1.82, 2.24) is 4.98 Å². The summed E-state index contributed by atoms with van der Waals surface area (Å²) in [6.45, 7) is 7.34. The quantitative estimate of drug-likeness (QED) is 0.615. The number of aromatic nitrogens is 1. The van der Waals surface area contributed by atoms with E-state index in [1.165, 1.54) is 12.3 Å². The highest BCUT2D eigenvalue weighted by Crippen LogP contribution is 2.14. The standard InChI is InChI=1S/C11H17N3O2/c1-8(2)9(3)6-12-10-4-5-11(13-7-10)14(15)16/h4-5,7-9,12H,6H2,1-3H3. The van der Waals surface area contributed by atoms with E-state index in [-0.39, 0.29) is 5.82 Å². The first kappa shape index (κ1) is 12.4.